The molecule has 7 nitrogen and oxygen atoms in total. The lowest BCUT2D eigenvalue weighted by Crippen LogP contribution is -2.44. The molecule has 144 valence electrons. The number of aromatic hydroxyl groups is 1. The van der Waals surface area contributed by atoms with Gasteiger partial charge in [0.15, 0.2) is 6.61 Å². The summed E-state index contributed by atoms with van der Waals surface area (Å²) in [7, 11) is 1.24. The van der Waals surface area contributed by atoms with E-state index in [0.717, 1.165) is 10.8 Å². The number of phenols is 1. The van der Waals surface area contributed by atoms with Crippen molar-refractivity contribution in [2.24, 2.45) is 5.92 Å². The predicted molar refractivity (Wildman–Crippen MR) is 99.3 cm³/mol. The van der Waals surface area contributed by atoms with Gasteiger partial charge in [-0.05, 0) is 35.2 Å². The summed E-state index contributed by atoms with van der Waals surface area (Å²) in [6.45, 7) is 3.24. The Bertz CT molecular complexity index is 845. The van der Waals surface area contributed by atoms with Crippen LogP contribution in [0.2, 0.25) is 0 Å². The second kappa shape index (κ2) is 9.02. The highest BCUT2D eigenvalue weighted by molar-refractivity contribution is 5.99. The fourth-order valence-corrected chi connectivity index (χ4v) is 2.66. The topological polar surface area (TPSA) is 102 Å². The number of methoxy groups -OCH3 is 1. The fraction of sp³-hybridized carbons (Fsp3) is 0.350. The molecular weight excluding hydrogens is 350 g/mol. The van der Waals surface area contributed by atoms with Crippen LogP contribution in [0.4, 0.5) is 0 Å². The minimum atomic E-state index is -0.827. The first-order valence-electron chi connectivity index (χ1n) is 8.58. The fourth-order valence-electron chi connectivity index (χ4n) is 2.66. The van der Waals surface area contributed by atoms with Gasteiger partial charge in [-0.1, -0.05) is 38.1 Å². The van der Waals surface area contributed by atoms with E-state index in [-0.39, 0.29) is 17.2 Å². The van der Waals surface area contributed by atoms with E-state index in [2.05, 4.69) is 10.1 Å². The summed E-state index contributed by atoms with van der Waals surface area (Å²) < 4.78 is 9.65. The van der Waals surface area contributed by atoms with Crippen LogP contribution in [0.3, 0.4) is 0 Å². The van der Waals surface area contributed by atoms with Crippen molar-refractivity contribution < 1.29 is 29.0 Å². The smallest absolute Gasteiger partial charge is 0.342 e. The van der Waals surface area contributed by atoms with Gasteiger partial charge in [0.05, 0.1) is 7.11 Å². The molecular formula is C20H23NO6. The van der Waals surface area contributed by atoms with Crippen molar-refractivity contribution in [2.45, 2.75) is 26.3 Å². The van der Waals surface area contributed by atoms with E-state index < -0.39 is 30.5 Å². The highest BCUT2D eigenvalue weighted by Gasteiger charge is 2.23. The largest absolute Gasteiger partial charge is 0.507 e. The van der Waals surface area contributed by atoms with Crippen LogP contribution >= 0.6 is 0 Å². The van der Waals surface area contributed by atoms with Crippen LogP contribution in [-0.4, -0.2) is 42.7 Å². The summed E-state index contributed by atoms with van der Waals surface area (Å²) in [5.74, 6) is -2.08. The van der Waals surface area contributed by atoms with Gasteiger partial charge in [-0.3, -0.25) is 4.79 Å². The number of amides is 1. The van der Waals surface area contributed by atoms with E-state index in [1.54, 1.807) is 12.1 Å². The number of fused-ring (bicyclic) bond motifs is 1. The first-order chi connectivity index (χ1) is 12.8. The van der Waals surface area contributed by atoms with Crippen molar-refractivity contribution in [1.82, 2.24) is 5.32 Å². The van der Waals surface area contributed by atoms with Gasteiger partial charge in [0.25, 0.3) is 5.91 Å². The number of hydrogen-bond acceptors (Lipinski definition) is 6. The molecule has 2 aromatic carbocycles. The molecule has 2 rings (SSSR count). The van der Waals surface area contributed by atoms with Crippen LogP contribution in [0.15, 0.2) is 36.4 Å². The standard InChI is InChI=1S/C20H23NO6/c1-12(2)8-16(20(25)26-3)21-18(23)11-27-19(24)15-9-13-6-4-5-7-14(13)10-17(15)22/h4-7,9-10,12,16,22H,8,11H2,1-3H3,(H,21,23)/t16-/m1/s1. The lowest BCUT2D eigenvalue weighted by Gasteiger charge is -2.18. The lowest BCUT2D eigenvalue weighted by atomic mass is 10.0. The third-order valence-electron chi connectivity index (χ3n) is 3.95. The van der Waals surface area contributed by atoms with Gasteiger partial charge in [-0.2, -0.15) is 0 Å². The first kappa shape index (κ1) is 20.2. The van der Waals surface area contributed by atoms with Crippen molar-refractivity contribution in [3.8, 4) is 5.75 Å². The molecule has 1 amide bonds. The zero-order valence-electron chi connectivity index (χ0n) is 15.5. The summed E-state index contributed by atoms with van der Waals surface area (Å²) in [5, 5.41) is 14.1. The van der Waals surface area contributed by atoms with E-state index in [0.29, 0.717) is 6.42 Å². The average Bonchev–Trinajstić information content (AvgIpc) is 2.64. The Kier molecular flexibility index (Phi) is 6.76. The summed E-state index contributed by atoms with van der Waals surface area (Å²) >= 11 is 0. The Labute approximate surface area is 157 Å². The van der Waals surface area contributed by atoms with Gasteiger partial charge in [0.2, 0.25) is 0 Å². The van der Waals surface area contributed by atoms with Crippen molar-refractivity contribution in [2.75, 3.05) is 13.7 Å². The Hall–Kier alpha value is -3.09. The van der Waals surface area contributed by atoms with E-state index >= 15 is 0 Å². The number of carbonyl (C=O) groups is 3. The number of nitrogens with one attached hydrogen (secondary N) is 1. The Morgan fingerprint density at radius 2 is 1.74 bits per heavy atom. The van der Waals surface area contributed by atoms with E-state index in [9.17, 15) is 19.5 Å². The number of hydrogen-bond donors (Lipinski definition) is 2. The molecule has 0 fully saturated rings. The van der Waals surface area contributed by atoms with Crippen LogP contribution in [0.25, 0.3) is 10.8 Å². The second-order valence-corrected chi connectivity index (χ2v) is 6.57. The summed E-state index contributed by atoms with van der Waals surface area (Å²) in [4.78, 5) is 36.0. The Balaban J connectivity index is 2.01. The summed E-state index contributed by atoms with van der Waals surface area (Å²) in [5.41, 5.74) is -0.0341. The third-order valence-corrected chi connectivity index (χ3v) is 3.95. The number of carbonyl (C=O) groups excluding carboxylic acids is 3. The maximum Gasteiger partial charge on any atom is 0.342 e. The van der Waals surface area contributed by atoms with Crippen LogP contribution in [0, 0.1) is 5.92 Å². The molecule has 2 N–H and O–H groups in total. The molecule has 0 bridgehead atoms. The van der Waals surface area contributed by atoms with Crippen LogP contribution in [0.1, 0.15) is 30.6 Å². The molecule has 0 aromatic heterocycles. The number of phenolic OH excluding ortho intramolecular Hbond substituents is 1. The van der Waals surface area contributed by atoms with Gasteiger partial charge in [-0.25, -0.2) is 9.59 Å². The van der Waals surface area contributed by atoms with Crippen molar-refractivity contribution in [3.63, 3.8) is 0 Å². The highest BCUT2D eigenvalue weighted by atomic mass is 16.5. The van der Waals surface area contributed by atoms with Crippen molar-refractivity contribution in [3.05, 3.63) is 42.0 Å². The normalized spacial score (nSPS) is 11.9. The number of rotatable bonds is 7. The zero-order chi connectivity index (χ0) is 20.0. The zero-order valence-corrected chi connectivity index (χ0v) is 15.5. The molecule has 0 spiro atoms. The molecule has 0 radical (unpaired) electrons. The van der Waals surface area contributed by atoms with Crippen LogP contribution in [-0.2, 0) is 19.1 Å². The quantitative estimate of drug-likeness (QED) is 0.723. The molecule has 0 aliphatic heterocycles. The summed E-state index contributed by atoms with van der Waals surface area (Å²) in [6.07, 6.45) is 0.401. The number of ether oxygens (including phenoxy) is 2. The summed E-state index contributed by atoms with van der Waals surface area (Å²) in [6, 6.07) is 9.38. The average molecular weight is 373 g/mol. The molecule has 1 atom stereocenters. The highest BCUT2D eigenvalue weighted by Crippen LogP contribution is 2.25. The lowest BCUT2D eigenvalue weighted by molar-refractivity contribution is -0.145. The van der Waals surface area contributed by atoms with E-state index in [1.165, 1.54) is 19.2 Å². The molecule has 2 aromatic rings. The SMILES string of the molecule is COC(=O)[C@@H](CC(C)C)NC(=O)COC(=O)c1cc2ccccc2cc1O. The molecule has 7 heteroatoms. The maximum atomic E-state index is 12.2. The molecule has 0 unspecified atom stereocenters. The Morgan fingerprint density at radius 1 is 1.11 bits per heavy atom. The van der Waals surface area contributed by atoms with Gasteiger partial charge < -0.3 is 19.9 Å². The van der Waals surface area contributed by atoms with Crippen LogP contribution < -0.4 is 5.32 Å². The molecule has 0 aliphatic carbocycles. The Morgan fingerprint density at radius 3 is 2.33 bits per heavy atom. The van der Waals surface area contributed by atoms with Crippen LogP contribution in [0.5, 0.6) is 5.75 Å². The number of esters is 2. The monoisotopic (exact) mass is 373 g/mol. The molecule has 0 saturated heterocycles. The van der Waals surface area contributed by atoms with E-state index in [1.807, 2.05) is 26.0 Å². The van der Waals surface area contributed by atoms with Gasteiger partial charge >= 0.3 is 11.9 Å². The first-order valence-corrected chi connectivity index (χ1v) is 8.58. The minimum absolute atomic E-state index is 0.0341. The number of benzene rings is 2. The van der Waals surface area contributed by atoms with Gasteiger partial charge in [0, 0.05) is 0 Å². The van der Waals surface area contributed by atoms with Gasteiger partial charge in [0.1, 0.15) is 17.4 Å². The minimum Gasteiger partial charge on any atom is -0.507 e. The molecule has 0 heterocycles. The van der Waals surface area contributed by atoms with Crippen molar-refractivity contribution in [1.29, 1.82) is 0 Å². The van der Waals surface area contributed by atoms with Gasteiger partial charge in [-0.15, -0.1) is 0 Å². The molecule has 0 aliphatic rings. The van der Waals surface area contributed by atoms with Crippen molar-refractivity contribution >= 4 is 28.6 Å². The predicted octanol–water partition coefficient (Wildman–Crippen LogP) is 2.41. The second-order valence-electron chi connectivity index (χ2n) is 6.57. The van der Waals surface area contributed by atoms with E-state index in [4.69, 9.17) is 4.74 Å². The third kappa shape index (κ3) is 5.44. The molecule has 27 heavy (non-hydrogen) atoms. The maximum absolute atomic E-state index is 12.2. The molecule has 0 saturated carbocycles.